The van der Waals surface area contributed by atoms with Gasteiger partial charge in [-0.15, -0.1) is 0 Å². The minimum absolute atomic E-state index is 0.242. The van der Waals surface area contributed by atoms with Gasteiger partial charge in [-0.05, 0) is 12.1 Å². The molecule has 3 aromatic rings. The molecule has 1 aliphatic rings. The van der Waals surface area contributed by atoms with Crippen LogP contribution in [0.15, 0.2) is 36.7 Å². The van der Waals surface area contributed by atoms with Crippen LogP contribution in [0, 0.1) is 0 Å². The Balaban J connectivity index is 1.90. The minimum atomic E-state index is 0.242. The van der Waals surface area contributed by atoms with E-state index in [9.17, 15) is 0 Å². The molecule has 116 valence electrons. The molecular weight excluding hydrogens is 312 g/mol. The normalized spacial score (nSPS) is 12.7. The van der Waals surface area contributed by atoms with Crippen molar-refractivity contribution < 1.29 is 9.47 Å². The fourth-order valence-electron chi connectivity index (χ4n) is 2.68. The predicted molar refractivity (Wildman–Crippen MR) is 90.5 cm³/mol. The number of benzene rings is 1. The number of aromatic nitrogens is 3. The summed E-state index contributed by atoms with van der Waals surface area (Å²) >= 11 is 5.02. The minimum Gasteiger partial charge on any atom is -0.454 e. The Morgan fingerprint density at radius 2 is 1.96 bits per heavy atom. The first-order chi connectivity index (χ1) is 11.2. The fraction of sp³-hybridized carbons (Fsp3) is 0.188. The van der Waals surface area contributed by atoms with Crippen molar-refractivity contribution in [2.75, 3.05) is 6.79 Å². The van der Waals surface area contributed by atoms with Gasteiger partial charge in [0.1, 0.15) is 5.82 Å². The van der Waals surface area contributed by atoms with Crippen molar-refractivity contribution >= 4 is 28.2 Å². The zero-order valence-electron chi connectivity index (χ0n) is 12.2. The van der Waals surface area contributed by atoms with E-state index >= 15 is 0 Å². The summed E-state index contributed by atoms with van der Waals surface area (Å²) in [6.45, 7) is 0.898. The first-order valence-corrected chi connectivity index (χ1v) is 7.62. The number of rotatable bonds is 4. The predicted octanol–water partition coefficient (Wildman–Crippen LogP) is 2.50. The van der Waals surface area contributed by atoms with Gasteiger partial charge in [-0.25, -0.2) is 4.98 Å². The summed E-state index contributed by atoms with van der Waals surface area (Å²) in [5, 5.41) is 0. The summed E-state index contributed by atoms with van der Waals surface area (Å²) < 4.78 is 13.0. The maximum absolute atomic E-state index is 5.68. The number of pyridine rings is 1. The van der Waals surface area contributed by atoms with Gasteiger partial charge in [0.2, 0.25) is 6.79 Å². The molecule has 0 saturated carbocycles. The van der Waals surface area contributed by atoms with Crippen molar-refractivity contribution in [1.82, 2.24) is 14.5 Å². The average Bonchev–Trinajstić information content (AvgIpc) is 3.15. The molecule has 23 heavy (non-hydrogen) atoms. The van der Waals surface area contributed by atoms with E-state index in [1.165, 1.54) is 0 Å². The van der Waals surface area contributed by atoms with E-state index in [0.717, 1.165) is 33.9 Å². The molecule has 4 rings (SSSR count). The highest BCUT2D eigenvalue weighted by molar-refractivity contribution is 7.80. The second-order valence-electron chi connectivity index (χ2n) is 5.23. The second-order valence-corrected chi connectivity index (χ2v) is 5.76. The van der Waals surface area contributed by atoms with Crippen molar-refractivity contribution in [3.63, 3.8) is 0 Å². The third-order valence-corrected chi connectivity index (χ3v) is 3.97. The summed E-state index contributed by atoms with van der Waals surface area (Å²) in [5.41, 5.74) is 8.48. The standard InChI is InChI=1S/C16H14N4O2S/c17-15(23)3-6-20-12-8-14-13(21-9-22-14)7-11(12)19-16(20)10-1-4-18-5-2-10/h1-2,4-5,7-8H,3,6,9H2,(H2,17,23). The Bertz CT molecular complexity index is 892. The third kappa shape index (κ3) is 2.49. The van der Waals surface area contributed by atoms with Gasteiger partial charge < -0.3 is 19.8 Å². The van der Waals surface area contributed by atoms with Crippen LogP contribution in [-0.2, 0) is 6.54 Å². The van der Waals surface area contributed by atoms with E-state index in [1.54, 1.807) is 12.4 Å². The van der Waals surface area contributed by atoms with E-state index in [1.807, 2.05) is 24.3 Å². The molecule has 7 heteroatoms. The van der Waals surface area contributed by atoms with Crippen LogP contribution in [0.3, 0.4) is 0 Å². The van der Waals surface area contributed by atoms with E-state index in [0.29, 0.717) is 18.0 Å². The molecule has 0 saturated heterocycles. The Labute approximate surface area is 137 Å². The highest BCUT2D eigenvalue weighted by Gasteiger charge is 2.19. The Hall–Kier alpha value is -2.67. The van der Waals surface area contributed by atoms with Crippen molar-refractivity contribution in [3.8, 4) is 22.9 Å². The van der Waals surface area contributed by atoms with Gasteiger partial charge in [-0.2, -0.15) is 0 Å². The summed E-state index contributed by atoms with van der Waals surface area (Å²) in [5.74, 6) is 2.30. The molecule has 0 radical (unpaired) electrons. The largest absolute Gasteiger partial charge is 0.454 e. The molecule has 3 heterocycles. The van der Waals surface area contributed by atoms with Crippen LogP contribution in [0.1, 0.15) is 6.42 Å². The monoisotopic (exact) mass is 326 g/mol. The van der Waals surface area contributed by atoms with Gasteiger partial charge in [-0.1, -0.05) is 12.2 Å². The SMILES string of the molecule is NC(=S)CCn1c(-c2ccncc2)nc2cc3c(cc21)OCO3. The highest BCUT2D eigenvalue weighted by atomic mass is 32.1. The van der Waals surface area contributed by atoms with Crippen LogP contribution in [0.5, 0.6) is 11.5 Å². The summed E-state index contributed by atoms with van der Waals surface area (Å²) in [7, 11) is 0. The fourth-order valence-corrected chi connectivity index (χ4v) is 2.78. The van der Waals surface area contributed by atoms with Crippen LogP contribution >= 0.6 is 12.2 Å². The molecule has 2 aromatic heterocycles. The molecule has 2 N–H and O–H groups in total. The van der Waals surface area contributed by atoms with Gasteiger partial charge >= 0.3 is 0 Å². The number of ether oxygens (including phenoxy) is 2. The molecule has 0 aliphatic carbocycles. The van der Waals surface area contributed by atoms with E-state index in [-0.39, 0.29) is 6.79 Å². The first kappa shape index (κ1) is 14.0. The van der Waals surface area contributed by atoms with Crippen molar-refractivity contribution in [2.24, 2.45) is 5.73 Å². The van der Waals surface area contributed by atoms with E-state index < -0.39 is 0 Å². The Kier molecular flexibility index (Phi) is 3.34. The van der Waals surface area contributed by atoms with Gasteiger partial charge in [-0.3, -0.25) is 4.98 Å². The number of fused-ring (bicyclic) bond motifs is 2. The average molecular weight is 326 g/mol. The lowest BCUT2D eigenvalue weighted by Crippen LogP contribution is -2.12. The molecule has 0 amide bonds. The van der Waals surface area contributed by atoms with E-state index in [2.05, 4.69) is 9.55 Å². The molecule has 0 atom stereocenters. The molecule has 1 aliphatic heterocycles. The summed E-state index contributed by atoms with van der Waals surface area (Å²) in [6, 6.07) is 7.72. The number of imidazole rings is 1. The van der Waals surface area contributed by atoms with Crippen LogP contribution in [0.25, 0.3) is 22.4 Å². The molecule has 0 unspecified atom stereocenters. The van der Waals surface area contributed by atoms with Crippen molar-refractivity contribution in [3.05, 3.63) is 36.7 Å². The lowest BCUT2D eigenvalue weighted by Gasteiger charge is -2.09. The Morgan fingerprint density at radius 3 is 2.70 bits per heavy atom. The summed E-state index contributed by atoms with van der Waals surface area (Å²) in [6.07, 6.45) is 4.10. The lowest BCUT2D eigenvalue weighted by atomic mass is 10.2. The second kappa shape index (κ2) is 5.51. The van der Waals surface area contributed by atoms with Crippen LogP contribution < -0.4 is 15.2 Å². The number of aryl methyl sites for hydroxylation is 1. The number of nitrogens with two attached hydrogens (primary N) is 1. The molecule has 0 fully saturated rings. The molecule has 0 spiro atoms. The molecule has 1 aromatic carbocycles. The number of hydrogen-bond donors (Lipinski definition) is 1. The molecule has 6 nitrogen and oxygen atoms in total. The van der Waals surface area contributed by atoms with Crippen LogP contribution in [0.2, 0.25) is 0 Å². The number of nitrogens with zero attached hydrogens (tertiary/aromatic N) is 3. The van der Waals surface area contributed by atoms with Crippen molar-refractivity contribution in [2.45, 2.75) is 13.0 Å². The first-order valence-electron chi connectivity index (χ1n) is 7.21. The van der Waals surface area contributed by atoms with Gasteiger partial charge in [0.05, 0.1) is 16.0 Å². The van der Waals surface area contributed by atoms with Gasteiger partial charge in [0.25, 0.3) is 0 Å². The molecular formula is C16H14N4O2S. The number of hydrogen-bond acceptors (Lipinski definition) is 5. The van der Waals surface area contributed by atoms with E-state index in [4.69, 9.17) is 32.4 Å². The van der Waals surface area contributed by atoms with Gasteiger partial charge in [0, 0.05) is 43.1 Å². The molecule has 0 bridgehead atoms. The third-order valence-electron chi connectivity index (χ3n) is 3.76. The number of thiocarbonyl (C=S) groups is 1. The lowest BCUT2D eigenvalue weighted by molar-refractivity contribution is 0.174. The quantitative estimate of drug-likeness (QED) is 0.743. The van der Waals surface area contributed by atoms with Crippen molar-refractivity contribution in [1.29, 1.82) is 0 Å². The van der Waals surface area contributed by atoms with Gasteiger partial charge in [0.15, 0.2) is 11.5 Å². The Morgan fingerprint density at radius 1 is 1.22 bits per heavy atom. The zero-order chi connectivity index (χ0) is 15.8. The topological polar surface area (TPSA) is 75.2 Å². The zero-order valence-corrected chi connectivity index (χ0v) is 13.0. The smallest absolute Gasteiger partial charge is 0.231 e. The maximum Gasteiger partial charge on any atom is 0.231 e. The van der Waals surface area contributed by atoms with Crippen LogP contribution in [-0.4, -0.2) is 26.3 Å². The summed E-state index contributed by atoms with van der Waals surface area (Å²) in [4.78, 5) is 9.30. The highest BCUT2D eigenvalue weighted by Crippen LogP contribution is 2.37. The van der Waals surface area contributed by atoms with Crippen LogP contribution in [0.4, 0.5) is 0 Å². The maximum atomic E-state index is 5.68.